The first-order chi connectivity index (χ1) is 7.12. The molecule has 0 aromatic carbocycles. The Bertz CT molecular complexity index is 278. The lowest BCUT2D eigenvalue weighted by molar-refractivity contribution is -0.150. The number of hydrogen-bond donors (Lipinski definition) is 0. The first-order valence-electron chi connectivity index (χ1n) is 5.46. The van der Waals surface area contributed by atoms with E-state index in [1.54, 1.807) is 11.8 Å². The van der Waals surface area contributed by atoms with E-state index < -0.39 is 4.75 Å². The van der Waals surface area contributed by atoms with Crippen molar-refractivity contribution in [2.24, 2.45) is 5.92 Å². The third kappa shape index (κ3) is 2.54. The van der Waals surface area contributed by atoms with Crippen LogP contribution >= 0.6 is 11.8 Å². The van der Waals surface area contributed by atoms with E-state index in [0.29, 0.717) is 0 Å². The van der Waals surface area contributed by atoms with Gasteiger partial charge in [0.05, 0.1) is 0 Å². The normalized spacial score (nSPS) is 30.2. The molecule has 0 N–H and O–H groups in total. The van der Waals surface area contributed by atoms with Crippen LogP contribution < -0.4 is 0 Å². The lowest BCUT2D eigenvalue weighted by Gasteiger charge is -2.19. The van der Waals surface area contributed by atoms with Crippen molar-refractivity contribution in [3.05, 3.63) is 0 Å². The number of ketones is 1. The van der Waals surface area contributed by atoms with Crippen molar-refractivity contribution in [3.63, 3.8) is 0 Å². The summed E-state index contributed by atoms with van der Waals surface area (Å²) in [6.07, 6.45) is 3.88. The minimum atomic E-state index is -0.399. The largest absolute Gasteiger partial charge is 0.457 e. The summed E-state index contributed by atoms with van der Waals surface area (Å²) in [5.74, 6) is 1.08. The van der Waals surface area contributed by atoms with E-state index >= 15 is 0 Å². The maximum absolute atomic E-state index is 11.7. The van der Waals surface area contributed by atoms with Crippen LogP contribution in [0.1, 0.15) is 32.6 Å². The molecule has 0 unspecified atom stereocenters. The van der Waals surface area contributed by atoms with Gasteiger partial charge < -0.3 is 4.74 Å². The Morgan fingerprint density at radius 2 is 2.20 bits per heavy atom. The number of thioether (sulfide) groups is 1. The lowest BCUT2D eigenvalue weighted by atomic mass is 10.1. The molecule has 1 saturated heterocycles. The number of esters is 1. The van der Waals surface area contributed by atoms with E-state index in [-0.39, 0.29) is 24.3 Å². The smallest absolute Gasteiger partial charge is 0.322 e. The van der Waals surface area contributed by atoms with E-state index in [1.807, 2.05) is 6.92 Å². The first kappa shape index (κ1) is 11.0. The van der Waals surface area contributed by atoms with Gasteiger partial charge in [-0.05, 0) is 38.4 Å². The summed E-state index contributed by atoms with van der Waals surface area (Å²) < 4.78 is 4.68. The summed E-state index contributed by atoms with van der Waals surface area (Å²) >= 11 is 1.64. The van der Waals surface area contributed by atoms with Crippen molar-refractivity contribution in [1.82, 2.24) is 0 Å². The maximum Gasteiger partial charge on any atom is 0.322 e. The topological polar surface area (TPSA) is 43.4 Å². The van der Waals surface area contributed by atoms with Gasteiger partial charge in [0.2, 0.25) is 0 Å². The molecular weight excluding hydrogens is 212 g/mol. The minimum absolute atomic E-state index is 0.0142. The van der Waals surface area contributed by atoms with E-state index in [4.69, 9.17) is 4.74 Å². The molecule has 2 fully saturated rings. The van der Waals surface area contributed by atoms with Gasteiger partial charge in [-0.15, -0.1) is 11.8 Å². The van der Waals surface area contributed by atoms with Crippen LogP contribution in [0.2, 0.25) is 0 Å². The molecule has 4 heteroatoms. The molecule has 0 spiro atoms. The molecule has 1 heterocycles. The van der Waals surface area contributed by atoms with Crippen LogP contribution in [-0.4, -0.2) is 28.9 Å². The average molecular weight is 228 g/mol. The van der Waals surface area contributed by atoms with Gasteiger partial charge in [0, 0.05) is 5.92 Å². The fourth-order valence-corrected chi connectivity index (χ4v) is 2.96. The predicted octanol–water partition coefficient (Wildman–Crippen LogP) is 1.79. The Balaban J connectivity index is 1.78. The molecule has 84 valence electrons. The molecule has 0 amide bonds. The molecule has 1 atom stereocenters. The number of carbonyl (C=O) groups is 2. The van der Waals surface area contributed by atoms with Crippen LogP contribution in [0, 0.1) is 5.92 Å². The third-order valence-corrected chi connectivity index (χ3v) is 4.53. The molecule has 0 aromatic heterocycles. The van der Waals surface area contributed by atoms with Crippen molar-refractivity contribution < 1.29 is 14.3 Å². The van der Waals surface area contributed by atoms with Crippen molar-refractivity contribution in [2.45, 2.75) is 37.4 Å². The van der Waals surface area contributed by atoms with Gasteiger partial charge in [-0.25, -0.2) is 0 Å². The summed E-state index contributed by atoms with van der Waals surface area (Å²) in [6, 6.07) is 0. The second-order valence-electron chi connectivity index (χ2n) is 4.50. The second kappa shape index (κ2) is 4.16. The standard InChI is InChI=1S/C11H16O3S/c1-11(5-2-6-15-11)10(13)14-7-9(12)8-3-4-8/h8H,2-7H2,1H3/t11-/m1/s1. The monoisotopic (exact) mass is 228 g/mol. The zero-order valence-corrected chi connectivity index (χ0v) is 9.77. The average Bonchev–Trinajstić information content (AvgIpc) is 2.98. The SMILES string of the molecule is C[C@]1(C(=O)OCC(=O)C2CC2)CCCS1. The molecule has 15 heavy (non-hydrogen) atoms. The zero-order chi connectivity index (χ0) is 10.9. The Morgan fingerprint density at radius 1 is 1.47 bits per heavy atom. The third-order valence-electron chi connectivity index (χ3n) is 3.03. The number of ether oxygens (including phenoxy) is 1. The van der Waals surface area contributed by atoms with Crippen molar-refractivity contribution in [2.75, 3.05) is 12.4 Å². The van der Waals surface area contributed by atoms with E-state index in [0.717, 1.165) is 31.4 Å². The van der Waals surface area contributed by atoms with E-state index in [9.17, 15) is 9.59 Å². The number of Topliss-reactive ketones (excluding diaryl/α,β-unsaturated/α-hetero) is 1. The van der Waals surface area contributed by atoms with Gasteiger partial charge in [-0.3, -0.25) is 9.59 Å². The van der Waals surface area contributed by atoms with Crippen LogP contribution in [0.3, 0.4) is 0 Å². The minimum Gasteiger partial charge on any atom is -0.457 e. The fraction of sp³-hybridized carbons (Fsp3) is 0.818. The lowest BCUT2D eigenvalue weighted by Crippen LogP contribution is -2.32. The van der Waals surface area contributed by atoms with E-state index in [1.165, 1.54) is 0 Å². The van der Waals surface area contributed by atoms with Gasteiger partial charge >= 0.3 is 5.97 Å². The first-order valence-corrected chi connectivity index (χ1v) is 6.44. The van der Waals surface area contributed by atoms with Crippen molar-refractivity contribution in [1.29, 1.82) is 0 Å². The van der Waals surface area contributed by atoms with Gasteiger partial charge in [-0.1, -0.05) is 0 Å². The highest BCUT2D eigenvalue weighted by Crippen LogP contribution is 2.38. The quantitative estimate of drug-likeness (QED) is 0.688. The molecule has 0 aromatic rings. The van der Waals surface area contributed by atoms with Crippen LogP contribution in [0.5, 0.6) is 0 Å². The fourth-order valence-electron chi connectivity index (χ4n) is 1.75. The molecule has 1 aliphatic carbocycles. The Kier molecular flexibility index (Phi) is 3.05. The Hall–Kier alpha value is -0.510. The van der Waals surface area contributed by atoms with Gasteiger partial charge in [0.1, 0.15) is 11.4 Å². The highest BCUT2D eigenvalue weighted by molar-refractivity contribution is 8.01. The second-order valence-corrected chi connectivity index (χ2v) is 6.10. The van der Waals surface area contributed by atoms with Crippen LogP contribution in [-0.2, 0) is 14.3 Å². The molecular formula is C11H16O3S. The number of rotatable bonds is 4. The van der Waals surface area contributed by atoms with Crippen LogP contribution in [0.15, 0.2) is 0 Å². The van der Waals surface area contributed by atoms with Crippen molar-refractivity contribution >= 4 is 23.5 Å². The molecule has 1 aliphatic heterocycles. The number of hydrogen-bond acceptors (Lipinski definition) is 4. The summed E-state index contributed by atoms with van der Waals surface area (Å²) in [5, 5.41) is 0. The highest BCUT2D eigenvalue weighted by atomic mass is 32.2. The van der Waals surface area contributed by atoms with Gasteiger partial charge in [0.15, 0.2) is 5.78 Å². The van der Waals surface area contributed by atoms with Gasteiger partial charge in [-0.2, -0.15) is 0 Å². The molecule has 2 rings (SSSR count). The number of carbonyl (C=O) groups excluding carboxylic acids is 2. The zero-order valence-electron chi connectivity index (χ0n) is 8.95. The van der Waals surface area contributed by atoms with Gasteiger partial charge in [0.25, 0.3) is 0 Å². The Morgan fingerprint density at radius 3 is 2.73 bits per heavy atom. The summed E-state index contributed by atoms with van der Waals surface area (Å²) in [6.45, 7) is 1.90. The Labute approximate surface area is 93.9 Å². The summed E-state index contributed by atoms with van der Waals surface area (Å²) in [5.41, 5.74) is 0. The predicted molar refractivity (Wildman–Crippen MR) is 58.8 cm³/mol. The maximum atomic E-state index is 11.7. The molecule has 0 radical (unpaired) electrons. The molecule has 1 saturated carbocycles. The van der Waals surface area contributed by atoms with Crippen LogP contribution in [0.25, 0.3) is 0 Å². The van der Waals surface area contributed by atoms with Crippen molar-refractivity contribution in [3.8, 4) is 0 Å². The summed E-state index contributed by atoms with van der Waals surface area (Å²) in [4.78, 5) is 23.1. The highest BCUT2D eigenvalue weighted by Gasteiger charge is 2.39. The molecule has 3 nitrogen and oxygen atoms in total. The summed E-state index contributed by atoms with van der Waals surface area (Å²) in [7, 11) is 0. The van der Waals surface area contributed by atoms with E-state index in [2.05, 4.69) is 0 Å². The molecule has 0 bridgehead atoms. The molecule has 2 aliphatic rings. The van der Waals surface area contributed by atoms with Crippen LogP contribution in [0.4, 0.5) is 0 Å².